The molecule has 1 amide bonds. The number of pyridine rings is 1. The second-order valence-electron chi connectivity index (χ2n) is 5.70. The summed E-state index contributed by atoms with van der Waals surface area (Å²) in [5.41, 5.74) is 0.859. The summed E-state index contributed by atoms with van der Waals surface area (Å²) in [6, 6.07) is 11.6. The maximum absolute atomic E-state index is 12.6. The fourth-order valence-corrected chi connectivity index (χ4v) is 2.62. The summed E-state index contributed by atoms with van der Waals surface area (Å²) < 4.78 is 10.0. The van der Waals surface area contributed by atoms with E-state index in [2.05, 4.69) is 10.3 Å². The average molecular weight is 366 g/mol. The molecule has 2 aromatic carbocycles. The summed E-state index contributed by atoms with van der Waals surface area (Å²) in [6.45, 7) is 1.84. The molecule has 3 aromatic rings. The van der Waals surface area contributed by atoms with E-state index >= 15 is 0 Å². The Balaban J connectivity index is 1.93. The summed E-state index contributed by atoms with van der Waals surface area (Å²) in [5, 5.41) is 3.02. The van der Waals surface area contributed by atoms with E-state index in [1.807, 2.05) is 0 Å². The first kappa shape index (κ1) is 18.2. The first-order chi connectivity index (χ1) is 13.0. The van der Waals surface area contributed by atoms with Crippen molar-refractivity contribution < 1.29 is 19.1 Å². The zero-order valence-corrected chi connectivity index (χ0v) is 14.9. The normalized spacial score (nSPS) is 10.4. The summed E-state index contributed by atoms with van der Waals surface area (Å²) in [5.74, 6) is -0.464. The summed E-state index contributed by atoms with van der Waals surface area (Å²) >= 11 is 0. The number of nitrogens with one attached hydrogen (secondary N) is 2. The Hall–Kier alpha value is -3.61. The van der Waals surface area contributed by atoms with Crippen LogP contribution in [0.25, 0.3) is 10.9 Å². The predicted octanol–water partition coefficient (Wildman–Crippen LogP) is 2.97. The zero-order chi connectivity index (χ0) is 19.4. The average Bonchev–Trinajstić information content (AvgIpc) is 2.68. The Morgan fingerprint density at radius 3 is 2.70 bits per heavy atom. The van der Waals surface area contributed by atoms with Crippen LogP contribution >= 0.6 is 0 Å². The van der Waals surface area contributed by atoms with Crippen LogP contribution in [0.5, 0.6) is 5.75 Å². The van der Waals surface area contributed by atoms with Crippen LogP contribution in [0.15, 0.2) is 53.5 Å². The Kier molecular flexibility index (Phi) is 5.21. The number of carbonyl (C=O) groups excluding carboxylic acids is 2. The highest BCUT2D eigenvalue weighted by Crippen LogP contribution is 2.18. The van der Waals surface area contributed by atoms with E-state index in [1.54, 1.807) is 43.3 Å². The number of esters is 1. The van der Waals surface area contributed by atoms with Gasteiger partial charge in [0.15, 0.2) is 0 Å². The van der Waals surface area contributed by atoms with Crippen LogP contribution in [-0.2, 0) is 4.74 Å². The predicted molar refractivity (Wildman–Crippen MR) is 101 cm³/mol. The third-order valence-electron chi connectivity index (χ3n) is 3.97. The van der Waals surface area contributed by atoms with Gasteiger partial charge in [-0.05, 0) is 43.3 Å². The van der Waals surface area contributed by atoms with Crippen molar-refractivity contribution in [2.75, 3.05) is 19.0 Å². The number of benzene rings is 2. The van der Waals surface area contributed by atoms with Gasteiger partial charge in [-0.15, -0.1) is 0 Å². The number of rotatable bonds is 5. The maximum atomic E-state index is 12.6. The van der Waals surface area contributed by atoms with E-state index in [9.17, 15) is 14.4 Å². The quantitative estimate of drug-likeness (QED) is 0.677. The number of aromatic amines is 1. The number of fused-ring (bicyclic) bond motifs is 1. The molecular formula is C20H18N2O5. The van der Waals surface area contributed by atoms with Crippen molar-refractivity contribution in [1.82, 2.24) is 4.98 Å². The van der Waals surface area contributed by atoms with Crippen LogP contribution in [0.1, 0.15) is 27.6 Å². The molecule has 0 aliphatic rings. The van der Waals surface area contributed by atoms with Crippen molar-refractivity contribution in [2.24, 2.45) is 0 Å². The molecule has 1 heterocycles. The van der Waals surface area contributed by atoms with Crippen LogP contribution in [-0.4, -0.2) is 30.6 Å². The van der Waals surface area contributed by atoms with Crippen molar-refractivity contribution in [1.29, 1.82) is 0 Å². The summed E-state index contributed by atoms with van der Waals surface area (Å²) in [7, 11) is 1.52. The minimum Gasteiger partial charge on any atom is -0.497 e. The lowest BCUT2D eigenvalue weighted by Gasteiger charge is -2.08. The molecule has 27 heavy (non-hydrogen) atoms. The molecule has 0 saturated heterocycles. The van der Waals surface area contributed by atoms with E-state index in [-0.39, 0.29) is 23.5 Å². The SMILES string of the molecule is CCOC(=O)c1c[nH]c2ccc(NC(=O)c3cccc(OC)c3)cc2c1=O. The number of carbonyl (C=O) groups is 2. The van der Waals surface area contributed by atoms with E-state index in [0.717, 1.165) is 0 Å². The molecule has 0 bridgehead atoms. The van der Waals surface area contributed by atoms with Gasteiger partial charge in [-0.2, -0.15) is 0 Å². The molecular weight excluding hydrogens is 348 g/mol. The summed E-state index contributed by atoms with van der Waals surface area (Å²) in [6.07, 6.45) is 1.33. The molecule has 0 fully saturated rings. The van der Waals surface area contributed by atoms with E-state index in [0.29, 0.717) is 22.5 Å². The zero-order valence-electron chi connectivity index (χ0n) is 14.9. The molecule has 7 heteroatoms. The molecule has 2 N–H and O–H groups in total. The molecule has 0 aliphatic heterocycles. The van der Waals surface area contributed by atoms with Gasteiger partial charge in [0.25, 0.3) is 5.91 Å². The van der Waals surface area contributed by atoms with Gasteiger partial charge < -0.3 is 19.8 Å². The molecule has 0 saturated carbocycles. The van der Waals surface area contributed by atoms with Gasteiger partial charge in [-0.25, -0.2) is 4.79 Å². The number of hydrogen-bond donors (Lipinski definition) is 2. The number of methoxy groups -OCH3 is 1. The van der Waals surface area contributed by atoms with Crippen LogP contribution < -0.4 is 15.5 Å². The second-order valence-corrected chi connectivity index (χ2v) is 5.70. The topological polar surface area (TPSA) is 97.5 Å². The lowest BCUT2D eigenvalue weighted by Crippen LogP contribution is -2.18. The number of H-pyrrole nitrogens is 1. The fraction of sp³-hybridized carbons (Fsp3) is 0.150. The standard InChI is InChI=1S/C20H18N2O5/c1-3-27-20(25)16-11-21-17-8-7-13(10-15(17)18(16)23)22-19(24)12-5-4-6-14(9-12)26-2/h4-11H,3H2,1-2H3,(H,21,23)(H,22,24). The van der Waals surface area contributed by atoms with Crippen LogP contribution in [0, 0.1) is 0 Å². The van der Waals surface area contributed by atoms with Crippen molar-refractivity contribution >= 4 is 28.5 Å². The highest BCUT2D eigenvalue weighted by molar-refractivity contribution is 6.05. The fourth-order valence-electron chi connectivity index (χ4n) is 2.62. The lowest BCUT2D eigenvalue weighted by atomic mass is 10.1. The van der Waals surface area contributed by atoms with Gasteiger partial charge in [0.2, 0.25) is 5.43 Å². The minimum absolute atomic E-state index is 0.0828. The number of amides is 1. The molecule has 138 valence electrons. The van der Waals surface area contributed by atoms with Crippen molar-refractivity contribution in [3.8, 4) is 5.75 Å². The molecule has 0 unspecified atom stereocenters. The number of aromatic nitrogens is 1. The highest BCUT2D eigenvalue weighted by atomic mass is 16.5. The third-order valence-corrected chi connectivity index (χ3v) is 3.97. The smallest absolute Gasteiger partial charge is 0.343 e. The highest BCUT2D eigenvalue weighted by Gasteiger charge is 2.15. The van der Waals surface area contributed by atoms with Crippen LogP contribution in [0.2, 0.25) is 0 Å². The first-order valence-electron chi connectivity index (χ1n) is 8.31. The van der Waals surface area contributed by atoms with Crippen molar-refractivity contribution in [3.63, 3.8) is 0 Å². The van der Waals surface area contributed by atoms with Crippen LogP contribution in [0.3, 0.4) is 0 Å². The number of ether oxygens (including phenoxy) is 2. The summed E-state index contributed by atoms with van der Waals surface area (Å²) in [4.78, 5) is 39.8. The molecule has 0 radical (unpaired) electrons. The van der Waals surface area contributed by atoms with Gasteiger partial charge in [0, 0.05) is 28.4 Å². The maximum Gasteiger partial charge on any atom is 0.343 e. The van der Waals surface area contributed by atoms with E-state index in [1.165, 1.54) is 19.4 Å². The van der Waals surface area contributed by atoms with Gasteiger partial charge in [0.05, 0.1) is 13.7 Å². The number of anilines is 1. The van der Waals surface area contributed by atoms with Gasteiger partial charge in [0.1, 0.15) is 11.3 Å². The largest absolute Gasteiger partial charge is 0.497 e. The monoisotopic (exact) mass is 366 g/mol. The molecule has 0 atom stereocenters. The third kappa shape index (κ3) is 3.82. The Morgan fingerprint density at radius 1 is 1.15 bits per heavy atom. The molecule has 7 nitrogen and oxygen atoms in total. The Labute approximate surface area is 154 Å². The van der Waals surface area contributed by atoms with Crippen molar-refractivity contribution in [3.05, 3.63) is 70.0 Å². The van der Waals surface area contributed by atoms with Crippen molar-refractivity contribution in [2.45, 2.75) is 6.92 Å². The molecule has 1 aromatic heterocycles. The molecule has 3 rings (SSSR count). The van der Waals surface area contributed by atoms with Gasteiger partial charge >= 0.3 is 5.97 Å². The van der Waals surface area contributed by atoms with Gasteiger partial charge in [-0.3, -0.25) is 9.59 Å². The lowest BCUT2D eigenvalue weighted by molar-refractivity contribution is 0.0524. The molecule has 0 spiro atoms. The Morgan fingerprint density at radius 2 is 1.96 bits per heavy atom. The molecule has 0 aliphatic carbocycles. The van der Waals surface area contributed by atoms with Gasteiger partial charge in [-0.1, -0.05) is 6.07 Å². The second kappa shape index (κ2) is 7.74. The number of hydrogen-bond acceptors (Lipinski definition) is 5. The first-order valence-corrected chi connectivity index (χ1v) is 8.31. The Bertz CT molecular complexity index is 1070. The van der Waals surface area contributed by atoms with Crippen LogP contribution in [0.4, 0.5) is 5.69 Å². The minimum atomic E-state index is -0.688. The van der Waals surface area contributed by atoms with E-state index < -0.39 is 11.4 Å². The van der Waals surface area contributed by atoms with E-state index in [4.69, 9.17) is 9.47 Å².